The minimum Gasteiger partial charge on any atom is -0.480 e. The van der Waals surface area contributed by atoms with Gasteiger partial charge in [-0.05, 0) is 58.7 Å². The van der Waals surface area contributed by atoms with Crippen molar-refractivity contribution in [1.29, 1.82) is 0 Å². The summed E-state index contributed by atoms with van der Waals surface area (Å²) in [4.78, 5) is 23.2. The molecule has 1 saturated carbocycles. The van der Waals surface area contributed by atoms with Gasteiger partial charge in [0.1, 0.15) is 5.75 Å². The van der Waals surface area contributed by atoms with Gasteiger partial charge in [-0.25, -0.2) is 4.79 Å². The summed E-state index contributed by atoms with van der Waals surface area (Å²) in [6, 6.07) is 22.2. The normalized spacial score (nSPS) is 13.2. The standard InChI is InChI=1S/C28H26N2O4/c29-25(31)16-22-27(19-12-13-19)23(30-14-6-11-24(28(22)30)34-17-26(32)33)15-20-9-4-5-10-21(20)18-7-2-1-3-8-18/h1-11,14,19H,12-13,15-17H2,(H2,29,31)(H,32,33). The van der Waals surface area contributed by atoms with Crippen LogP contribution in [-0.2, 0) is 22.4 Å². The highest BCUT2D eigenvalue weighted by atomic mass is 16.5. The van der Waals surface area contributed by atoms with Crippen LogP contribution in [0.15, 0.2) is 72.9 Å². The lowest BCUT2D eigenvalue weighted by Crippen LogP contribution is -2.15. The van der Waals surface area contributed by atoms with Crippen molar-refractivity contribution in [3.8, 4) is 16.9 Å². The number of carbonyl (C=O) groups is 2. The number of ether oxygens (including phenoxy) is 1. The van der Waals surface area contributed by atoms with E-state index in [2.05, 4.69) is 28.7 Å². The maximum atomic E-state index is 12.1. The highest BCUT2D eigenvalue weighted by Gasteiger charge is 2.33. The van der Waals surface area contributed by atoms with Crippen LogP contribution in [0, 0.1) is 0 Å². The van der Waals surface area contributed by atoms with E-state index in [0.29, 0.717) is 18.1 Å². The summed E-state index contributed by atoms with van der Waals surface area (Å²) >= 11 is 0. The molecule has 1 amide bonds. The number of fused-ring (bicyclic) bond motifs is 1. The monoisotopic (exact) mass is 454 g/mol. The molecule has 0 saturated heterocycles. The Morgan fingerprint density at radius 2 is 1.74 bits per heavy atom. The summed E-state index contributed by atoms with van der Waals surface area (Å²) in [5.41, 5.74) is 13.0. The zero-order valence-corrected chi connectivity index (χ0v) is 18.7. The number of rotatable bonds is 9. The summed E-state index contributed by atoms with van der Waals surface area (Å²) < 4.78 is 7.70. The van der Waals surface area contributed by atoms with Crippen LogP contribution >= 0.6 is 0 Å². The minimum atomic E-state index is -1.05. The number of nitrogens with zero attached hydrogens (tertiary/aromatic N) is 1. The van der Waals surface area contributed by atoms with E-state index in [1.54, 1.807) is 6.07 Å². The molecular weight excluding hydrogens is 428 g/mol. The largest absolute Gasteiger partial charge is 0.480 e. The lowest BCUT2D eigenvalue weighted by molar-refractivity contribution is -0.139. The van der Waals surface area contributed by atoms with Crippen molar-refractivity contribution < 1.29 is 19.4 Å². The van der Waals surface area contributed by atoms with Crippen LogP contribution in [0.1, 0.15) is 41.1 Å². The number of nitrogens with two attached hydrogens (primary N) is 1. The third kappa shape index (κ3) is 4.27. The molecule has 2 aromatic heterocycles. The topological polar surface area (TPSA) is 94.0 Å². The molecule has 2 aromatic carbocycles. The SMILES string of the molecule is NC(=O)Cc1c(C2CC2)c(Cc2ccccc2-c2ccccc2)n2cccc(OCC(=O)O)c12. The van der Waals surface area contributed by atoms with Gasteiger partial charge in [-0.15, -0.1) is 0 Å². The number of carboxylic acid groups (broad SMARTS) is 1. The number of pyridine rings is 1. The molecule has 4 aromatic rings. The van der Waals surface area contributed by atoms with E-state index in [1.807, 2.05) is 42.6 Å². The van der Waals surface area contributed by atoms with Gasteiger partial charge < -0.3 is 20.0 Å². The molecule has 1 fully saturated rings. The number of primary amides is 1. The van der Waals surface area contributed by atoms with Crippen molar-refractivity contribution in [2.45, 2.75) is 31.6 Å². The Balaban J connectivity index is 1.69. The minimum absolute atomic E-state index is 0.0864. The summed E-state index contributed by atoms with van der Waals surface area (Å²) in [6.07, 6.45) is 4.82. The Labute approximate surface area is 197 Å². The third-order valence-electron chi connectivity index (χ3n) is 6.32. The second-order valence-corrected chi connectivity index (χ2v) is 8.73. The third-order valence-corrected chi connectivity index (χ3v) is 6.32. The van der Waals surface area contributed by atoms with Crippen molar-refractivity contribution >= 4 is 17.4 Å². The average molecular weight is 455 g/mol. The van der Waals surface area contributed by atoms with E-state index in [9.17, 15) is 9.59 Å². The van der Waals surface area contributed by atoms with E-state index in [0.717, 1.165) is 46.3 Å². The molecule has 34 heavy (non-hydrogen) atoms. The van der Waals surface area contributed by atoms with E-state index in [1.165, 1.54) is 5.56 Å². The molecule has 0 radical (unpaired) electrons. The lowest BCUT2D eigenvalue weighted by atomic mass is 9.93. The Morgan fingerprint density at radius 3 is 2.44 bits per heavy atom. The molecule has 5 rings (SSSR count). The molecule has 6 heteroatoms. The number of aliphatic carboxylic acids is 1. The van der Waals surface area contributed by atoms with E-state index in [-0.39, 0.29) is 6.42 Å². The van der Waals surface area contributed by atoms with Crippen molar-refractivity contribution in [3.63, 3.8) is 0 Å². The second kappa shape index (κ2) is 9.06. The van der Waals surface area contributed by atoms with Crippen LogP contribution in [0.3, 0.4) is 0 Å². The Hall–Kier alpha value is -4.06. The fraction of sp³-hybridized carbons (Fsp3) is 0.214. The van der Waals surface area contributed by atoms with Crippen LogP contribution in [0.2, 0.25) is 0 Å². The van der Waals surface area contributed by atoms with Gasteiger partial charge in [0.05, 0.1) is 11.9 Å². The first-order valence-electron chi connectivity index (χ1n) is 11.4. The fourth-order valence-corrected chi connectivity index (χ4v) is 4.84. The van der Waals surface area contributed by atoms with Gasteiger partial charge in [0.25, 0.3) is 0 Å². The number of amides is 1. The van der Waals surface area contributed by atoms with Crippen molar-refractivity contribution in [2.24, 2.45) is 5.73 Å². The fourth-order valence-electron chi connectivity index (χ4n) is 4.84. The average Bonchev–Trinajstić information content (AvgIpc) is 3.63. The van der Waals surface area contributed by atoms with E-state index >= 15 is 0 Å². The smallest absolute Gasteiger partial charge is 0.341 e. The van der Waals surface area contributed by atoms with Gasteiger partial charge in [-0.1, -0.05) is 54.6 Å². The molecule has 1 aliphatic carbocycles. The van der Waals surface area contributed by atoms with Crippen LogP contribution in [0.4, 0.5) is 0 Å². The predicted molar refractivity (Wildman–Crippen MR) is 130 cm³/mol. The van der Waals surface area contributed by atoms with E-state index < -0.39 is 18.5 Å². The first-order valence-corrected chi connectivity index (χ1v) is 11.4. The molecule has 6 nitrogen and oxygen atoms in total. The van der Waals surface area contributed by atoms with E-state index in [4.69, 9.17) is 15.6 Å². The maximum Gasteiger partial charge on any atom is 0.341 e. The summed E-state index contributed by atoms with van der Waals surface area (Å²) in [7, 11) is 0. The Kier molecular flexibility index (Phi) is 5.80. The lowest BCUT2D eigenvalue weighted by Gasteiger charge is -2.13. The van der Waals surface area contributed by atoms with Gasteiger partial charge in [-0.3, -0.25) is 4.79 Å². The van der Waals surface area contributed by atoms with Crippen LogP contribution in [0.5, 0.6) is 5.75 Å². The van der Waals surface area contributed by atoms with Gasteiger partial charge in [0.2, 0.25) is 5.91 Å². The molecule has 0 atom stereocenters. The summed E-state index contributed by atoms with van der Waals surface area (Å²) in [5.74, 6) is -0.658. The number of carbonyl (C=O) groups excluding carboxylic acids is 1. The molecule has 3 N–H and O–H groups in total. The van der Waals surface area contributed by atoms with Crippen molar-refractivity contribution in [1.82, 2.24) is 4.40 Å². The number of hydrogen-bond donors (Lipinski definition) is 2. The van der Waals surface area contributed by atoms with Gasteiger partial charge in [-0.2, -0.15) is 0 Å². The number of benzene rings is 2. The van der Waals surface area contributed by atoms with Crippen LogP contribution in [0.25, 0.3) is 16.6 Å². The summed E-state index contributed by atoms with van der Waals surface area (Å²) in [5, 5.41) is 9.15. The van der Waals surface area contributed by atoms with Gasteiger partial charge in [0, 0.05) is 18.3 Å². The maximum absolute atomic E-state index is 12.1. The van der Waals surface area contributed by atoms with Crippen molar-refractivity contribution in [2.75, 3.05) is 6.61 Å². The zero-order valence-electron chi connectivity index (χ0n) is 18.7. The Bertz CT molecular complexity index is 1370. The highest BCUT2D eigenvalue weighted by Crippen LogP contribution is 2.47. The van der Waals surface area contributed by atoms with Gasteiger partial charge >= 0.3 is 5.97 Å². The predicted octanol–water partition coefficient (Wildman–Crippen LogP) is 4.57. The quantitative estimate of drug-likeness (QED) is 0.388. The van der Waals surface area contributed by atoms with Gasteiger partial charge in [0.15, 0.2) is 6.61 Å². The molecule has 0 bridgehead atoms. The molecule has 172 valence electrons. The number of carboxylic acids is 1. The second-order valence-electron chi connectivity index (χ2n) is 8.73. The first-order chi connectivity index (χ1) is 16.5. The number of hydrogen-bond acceptors (Lipinski definition) is 3. The molecule has 0 aliphatic heterocycles. The molecule has 2 heterocycles. The Morgan fingerprint density at radius 1 is 1.00 bits per heavy atom. The highest BCUT2D eigenvalue weighted by molar-refractivity contribution is 5.84. The van der Waals surface area contributed by atoms with Crippen LogP contribution in [-0.4, -0.2) is 28.0 Å². The molecule has 0 spiro atoms. The zero-order chi connectivity index (χ0) is 23.7. The first kappa shape index (κ1) is 21.8. The molecule has 1 aliphatic rings. The number of aromatic nitrogens is 1. The van der Waals surface area contributed by atoms with Crippen molar-refractivity contribution in [3.05, 3.63) is 95.3 Å². The molecule has 0 unspecified atom stereocenters. The molecular formula is C28H26N2O4. The summed E-state index contributed by atoms with van der Waals surface area (Å²) in [6.45, 7) is -0.453. The van der Waals surface area contributed by atoms with Crippen LogP contribution < -0.4 is 10.5 Å².